The third kappa shape index (κ3) is 4.33. The Bertz CT molecular complexity index is 1090. The van der Waals surface area contributed by atoms with E-state index in [0.717, 1.165) is 22.3 Å². The number of ether oxygens (including phenoxy) is 1. The van der Waals surface area contributed by atoms with Crippen molar-refractivity contribution in [1.82, 2.24) is 5.32 Å². The van der Waals surface area contributed by atoms with Crippen molar-refractivity contribution in [3.05, 3.63) is 94.0 Å². The standard InChI is InChI=1S/C24H20BrNO5/c25-15-7-5-6-14(12-15)21(22(27)23(28)29)26-24(30)31-13-20-18-10-3-1-8-16(18)17-9-2-4-11-19(17)20/h1-12,20-22,27H,13H2,(H,26,30)(H,28,29)/t21-,22-/m0/s1. The van der Waals surface area contributed by atoms with Crippen molar-refractivity contribution in [3.8, 4) is 11.1 Å². The second-order valence-electron chi connectivity index (χ2n) is 7.29. The van der Waals surface area contributed by atoms with Gasteiger partial charge < -0.3 is 20.3 Å². The molecule has 0 aliphatic heterocycles. The first-order valence-electron chi connectivity index (χ1n) is 9.73. The summed E-state index contributed by atoms with van der Waals surface area (Å²) >= 11 is 3.32. The molecule has 31 heavy (non-hydrogen) atoms. The molecule has 3 aromatic carbocycles. The Morgan fingerprint density at radius 3 is 2.16 bits per heavy atom. The van der Waals surface area contributed by atoms with Gasteiger partial charge in [0.15, 0.2) is 6.10 Å². The molecule has 0 heterocycles. The highest BCUT2D eigenvalue weighted by molar-refractivity contribution is 9.10. The molecule has 4 rings (SSSR count). The molecule has 0 saturated carbocycles. The number of carboxylic acids is 1. The topological polar surface area (TPSA) is 95.9 Å². The molecule has 7 heteroatoms. The van der Waals surface area contributed by atoms with E-state index < -0.39 is 24.2 Å². The summed E-state index contributed by atoms with van der Waals surface area (Å²) < 4.78 is 6.18. The van der Waals surface area contributed by atoms with E-state index in [1.54, 1.807) is 24.3 Å². The third-order valence-corrected chi connectivity index (χ3v) is 5.89. The Kier molecular flexibility index (Phi) is 6.06. The quantitative estimate of drug-likeness (QED) is 0.482. The fourth-order valence-electron chi connectivity index (χ4n) is 3.95. The van der Waals surface area contributed by atoms with Crippen LogP contribution in [0.5, 0.6) is 0 Å². The molecule has 0 saturated heterocycles. The average molecular weight is 482 g/mol. The summed E-state index contributed by atoms with van der Waals surface area (Å²) in [7, 11) is 0. The van der Waals surface area contributed by atoms with Crippen molar-refractivity contribution < 1.29 is 24.5 Å². The summed E-state index contributed by atoms with van der Waals surface area (Å²) in [5, 5.41) is 21.9. The van der Waals surface area contributed by atoms with Gasteiger partial charge in [-0.15, -0.1) is 0 Å². The Balaban J connectivity index is 1.51. The number of fused-ring (bicyclic) bond motifs is 3. The highest BCUT2D eigenvalue weighted by atomic mass is 79.9. The number of alkyl carbamates (subject to hydrolysis) is 1. The SMILES string of the molecule is O=C(N[C@@H](c1cccc(Br)c1)[C@H](O)C(=O)O)OCC1c2ccccc2-c2ccccc21. The first-order chi connectivity index (χ1) is 15.0. The van der Waals surface area contributed by atoms with E-state index in [2.05, 4.69) is 21.2 Å². The summed E-state index contributed by atoms with van der Waals surface area (Å²) in [4.78, 5) is 23.9. The van der Waals surface area contributed by atoms with Crippen molar-refractivity contribution in [1.29, 1.82) is 0 Å². The van der Waals surface area contributed by atoms with Crippen LogP contribution in [-0.4, -0.2) is 35.0 Å². The van der Waals surface area contributed by atoms with E-state index in [-0.39, 0.29) is 12.5 Å². The van der Waals surface area contributed by atoms with Gasteiger partial charge in [0.2, 0.25) is 0 Å². The van der Waals surface area contributed by atoms with Crippen LogP contribution in [0.1, 0.15) is 28.7 Å². The van der Waals surface area contributed by atoms with Crippen LogP contribution in [-0.2, 0) is 9.53 Å². The van der Waals surface area contributed by atoms with Crippen LogP contribution >= 0.6 is 15.9 Å². The molecule has 0 unspecified atom stereocenters. The number of aliphatic hydroxyl groups excluding tert-OH is 1. The summed E-state index contributed by atoms with van der Waals surface area (Å²) in [6.07, 6.45) is -2.62. The second-order valence-corrected chi connectivity index (χ2v) is 8.20. The Morgan fingerprint density at radius 2 is 1.58 bits per heavy atom. The Morgan fingerprint density at radius 1 is 0.968 bits per heavy atom. The largest absolute Gasteiger partial charge is 0.479 e. The van der Waals surface area contributed by atoms with E-state index in [0.29, 0.717) is 10.0 Å². The van der Waals surface area contributed by atoms with Crippen molar-refractivity contribution >= 4 is 28.0 Å². The summed E-state index contributed by atoms with van der Waals surface area (Å²) in [6.45, 7) is 0.0915. The zero-order chi connectivity index (χ0) is 22.0. The molecule has 1 aliphatic rings. The lowest BCUT2D eigenvalue weighted by Gasteiger charge is -2.22. The van der Waals surface area contributed by atoms with Crippen LogP contribution in [0.4, 0.5) is 4.79 Å². The number of hydrogen-bond donors (Lipinski definition) is 3. The van der Waals surface area contributed by atoms with Gasteiger partial charge in [-0.05, 0) is 39.9 Å². The monoisotopic (exact) mass is 481 g/mol. The number of halogens is 1. The fraction of sp³-hybridized carbons (Fsp3) is 0.167. The number of carbonyl (C=O) groups excluding carboxylic acids is 1. The molecule has 6 nitrogen and oxygen atoms in total. The molecular weight excluding hydrogens is 462 g/mol. The van der Waals surface area contributed by atoms with Gasteiger partial charge in [0.1, 0.15) is 6.61 Å². The van der Waals surface area contributed by atoms with Crippen LogP contribution < -0.4 is 5.32 Å². The number of rotatable bonds is 6. The van der Waals surface area contributed by atoms with Crippen LogP contribution in [0, 0.1) is 0 Å². The number of aliphatic hydroxyl groups is 1. The zero-order valence-corrected chi connectivity index (χ0v) is 18.0. The highest BCUT2D eigenvalue weighted by Gasteiger charge is 2.32. The number of aliphatic carboxylic acids is 1. The molecule has 0 bridgehead atoms. The van der Waals surface area contributed by atoms with Crippen LogP contribution in [0.25, 0.3) is 11.1 Å². The molecule has 158 valence electrons. The lowest BCUT2D eigenvalue weighted by Crippen LogP contribution is -2.40. The van der Waals surface area contributed by atoms with Gasteiger partial charge in [-0.25, -0.2) is 9.59 Å². The lowest BCUT2D eigenvalue weighted by molar-refractivity contribution is -0.148. The minimum absolute atomic E-state index is 0.0915. The Labute approximate surface area is 187 Å². The van der Waals surface area contributed by atoms with E-state index in [1.165, 1.54) is 0 Å². The van der Waals surface area contributed by atoms with Gasteiger partial charge in [-0.3, -0.25) is 0 Å². The van der Waals surface area contributed by atoms with Gasteiger partial charge in [-0.2, -0.15) is 0 Å². The second kappa shape index (κ2) is 8.91. The molecule has 1 aliphatic carbocycles. The molecule has 0 spiro atoms. The molecule has 2 atom stereocenters. The van der Waals surface area contributed by atoms with Crippen molar-refractivity contribution in [2.45, 2.75) is 18.1 Å². The molecule has 0 aromatic heterocycles. The third-order valence-electron chi connectivity index (χ3n) is 5.39. The molecule has 3 aromatic rings. The number of amides is 1. The van der Waals surface area contributed by atoms with E-state index in [4.69, 9.17) is 4.74 Å². The first kappa shape index (κ1) is 21.1. The lowest BCUT2D eigenvalue weighted by atomic mass is 9.98. The van der Waals surface area contributed by atoms with Crippen molar-refractivity contribution in [2.75, 3.05) is 6.61 Å². The van der Waals surface area contributed by atoms with Gasteiger partial charge in [-0.1, -0.05) is 76.6 Å². The predicted molar refractivity (Wildman–Crippen MR) is 119 cm³/mol. The smallest absolute Gasteiger partial charge is 0.407 e. The predicted octanol–water partition coefficient (Wildman–Crippen LogP) is 4.47. The maximum absolute atomic E-state index is 12.6. The molecular formula is C24H20BrNO5. The van der Waals surface area contributed by atoms with Gasteiger partial charge in [0, 0.05) is 10.4 Å². The first-order valence-corrected chi connectivity index (χ1v) is 10.5. The summed E-state index contributed by atoms with van der Waals surface area (Å²) in [6, 6.07) is 21.5. The van der Waals surface area contributed by atoms with Crippen LogP contribution in [0.3, 0.4) is 0 Å². The average Bonchev–Trinajstić information content (AvgIpc) is 3.09. The van der Waals surface area contributed by atoms with E-state index >= 15 is 0 Å². The number of benzene rings is 3. The van der Waals surface area contributed by atoms with Crippen LogP contribution in [0.2, 0.25) is 0 Å². The fourth-order valence-corrected chi connectivity index (χ4v) is 4.37. The minimum Gasteiger partial charge on any atom is -0.479 e. The molecule has 0 radical (unpaired) electrons. The van der Waals surface area contributed by atoms with E-state index in [1.807, 2.05) is 48.5 Å². The highest BCUT2D eigenvalue weighted by Crippen LogP contribution is 2.44. The number of hydrogen-bond acceptors (Lipinski definition) is 4. The Hall–Kier alpha value is -3.16. The van der Waals surface area contributed by atoms with Gasteiger partial charge >= 0.3 is 12.1 Å². The maximum atomic E-state index is 12.6. The molecule has 0 fully saturated rings. The van der Waals surface area contributed by atoms with Crippen LogP contribution in [0.15, 0.2) is 77.3 Å². The van der Waals surface area contributed by atoms with E-state index in [9.17, 15) is 19.8 Å². The minimum atomic E-state index is -1.82. The van der Waals surface area contributed by atoms with Crippen molar-refractivity contribution in [2.24, 2.45) is 0 Å². The zero-order valence-electron chi connectivity index (χ0n) is 16.4. The summed E-state index contributed by atoms with van der Waals surface area (Å²) in [5.41, 5.74) is 4.81. The maximum Gasteiger partial charge on any atom is 0.407 e. The summed E-state index contributed by atoms with van der Waals surface area (Å²) in [5.74, 6) is -1.56. The normalized spacial score (nSPS) is 14.3. The van der Waals surface area contributed by atoms with Crippen molar-refractivity contribution in [3.63, 3.8) is 0 Å². The molecule has 1 amide bonds. The number of carbonyl (C=O) groups is 2. The number of carboxylic acid groups (broad SMARTS) is 1. The number of nitrogens with one attached hydrogen (secondary N) is 1. The van der Waals surface area contributed by atoms with Gasteiger partial charge in [0.25, 0.3) is 0 Å². The molecule has 3 N–H and O–H groups in total. The van der Waals surface area contributed by atoms with Gasteiger partial charge in [0.05, 0.1) is 6.04 Å².